The highest BCUT2D eigenvalue weighted by atomic mass is 19.1. The Kier molecular flexibility index (Phi) is 4.82. The van der Waals surface area contributed by atoms with Gasteiger partial charge in [-0.15, -0.1) is 0 Å². The number of nitrogens with zero attached hydrogens (tertiary/aromatic N) is 2. The molecule has 0 unspecified atom stereocenters. The zero-order valence-electron chi connectivity index (χ0n) is 11.4. The topological polar surface area (TPSA) is 33.2 Å². The highest BCUT2D eigenvalue weighted by Gasteiger charge is 2.20. The van der Waals surface area contributed by atoms with Gasteiger partial charge in [0.25, 0.3) is 5.91 Å². The van der Waals surface area contributed by atoms with Crippen molar-refractivity contribution >= 4 is 11.6 Å². The molecule has 0 N–H and O–H groups in total. The number of carbonyl (C=O) groups excluding carboxylic acids is 1. The van der Waals surface area contributed by atoms with E-state index in [2.05, 4.69) is 11.9 Å². The van der Waals surface area contributed by atoms with E-state index in [1.54, 1.807) is 4.90 Å². The van der Waals surface area contributed by atoms with Gasteiger partial charge in [0.1, 0.15) is 0 Å². The normalized spacial score (nSPS) is 10.3. The summed E-state index contributed by atoms with van der Waals surface area (Å²) in [5.74, 6) is -0.917. The second-order valence-corrected chi connectivity index (χ2v) is 4.50. The van der Waals surface area contributed by atoms with Gasteiger partial charge in [-0.2, -0.15) is 0 Å². The number of unbranched alkanes of at least 4 members (excludes halogenated alkanes) is 1. The molecule has 0 spiro atoms. The Morgan fingerprint density at radius 3 is 2.65 bits per heavy atom. The zero-order valence-corrected chi connectivity index (χ0v) is 11.4. The van der Waals surface area contributed by atoms with E-state index >= 15 is 0 Å². The number of amides is 1. The SMILES string of the molecule is CCCCN(C(=O)c1ccncc1F)c1ccccc1. The first-order chi connectivity index (χ1) is 9.74. The van der Waals surface area contributed by atoms with Gasteiger partial charge in [-0.25, -0.2) is 4.39 Å². The van der Waals surface area contributed by atoms with Crippen LogP contribution in [0.4, 0.5) is 10.1 Å². The predicted molar refractivity (Wildman–Crippen MR) is 77.2 cm³/mol. The Morgan fingerprint density at radius 2 is 2.00 bits per heavy atom. The van der Waals surface area contributed by atoms with Crippen LogP contribution in [0.1, 0.15) is 30.1 Å². The van der Waals surface area contributed by atoms with Crippen molar-refractivity contribution in [3.8, 4) is 0 Å². The third kappa shape index (κ3) is 3.20. The standard InChI is InChI=1S/C16H17FN2O/c1-2-3-11-19(13-7-5-4-6-8-13)16(20)14-9-10-18-12-15(14)17/h4-10,12H,2-3,11H2,1H3. The Balaban J connectivity index is 2.32. The van der Waals surface area contributed by atoms with Crippen LogP contribution < -0.4 is 4.90 Å². The number of hydrogen-bond donors (Lipinski definition) is 0. The van der Waals surface area contributed by atoms with E-state index in [1.165, 1.54) is 12.3 Å². The molecule has 1 amide bonds. The molecule has 20 heavy (non-hydrogen) atoms. The van der Waals surface area contributed by atoms with Crippen molar-refractivity contribution in [3.63, 3.8) is 0 Å². The van der Waals surface area contributed by atoms with Crippen molar-refractivity contribution < 1.29 is 9.18 Å². The van der Waals surface area contributed by atoms with Gasteiger partial charge in [0.2, 0.25) is 0 Å². The van der Waals surface area contributed by atoms with Crippen LogP contribution in [-0.2, 0) is 0 Å². The van der Waals surface area contributed by atoms with Gasteiger partial charge in [-0.3, -0.25) is 9.78 Å². The van der Waals surface area contributed by atoms with Crippen molar-refractivity contribution in [3.05, 3.63) is 60.2 Å². The minimum atomic E-state index is -0.588. The summed E-state index contributed by atoms with van der Waals surface area (Å²) in [6, 6.07) is 10.7. The van der Waals surface area contributed by atoms with Gasteiger partial charge in [0, 0.05) is 18.4 Å². The highest BCUT2D eigenvalue weighted by molar-refractivity contribution is 6.06. The number of aromatic nitrogens is 1. The fourth-order valence-electron chi connectivity index (χ4n) is 1.97. The molecule has 0 aliphatic rings. The van der Waals surface area contributed by atoms with E-state index in [4.69, 9.17) is 0 Å². The lowest BCUT2D eigenvalue weighted by atomic mass is 10.2. The molecule has 0 atom stereocenters. The first-order valence-electron chi connectivity index (χ1n) is 6.70. The maximum Gasteiger partial charge on any atom is 0.261 e. The number of anilines is 1. The van der Waals surface area contributed by atoms with Crippen LogP contribution in [0, 0.1) is 5.82 Å². The van der Waals surface area contributed by atoms with E-state index in [1.807, 2.05) is 30.3 Å². The van der Waals surface area contributed by atoms with Gasteiger partial charge >= 0.3 is 0 Å². The number of carbonyl (C=O) groups is 1. The average molecular weight is 272 g/mol. The maximum absolute atomic E-state index is 13.7. The van der Waals surface area contributed by atoms with Gasteiger partial charge in [0.15, 0.2) is 5.82 Å². The molecule has 0 aliphatic heterocycles. The first-order valence-corrected chi connectivity index (χ1v) is 6.70. The summed E-state index contributed by atoms with van der Waals surface area (Å²) < 4.78 is 13.7. The molecule has 0 radical (unpaired) electrons. The first kappa shape index (κ1) is 14.2. The number of pyridine rings is 1. The summed E-state index contributed by atoms with van der Waals surface area (Å²) in [6.45, 7) is 2.63. The molecule has 0 fully saturated rings. The van der Waals surface area contributed by atoms with Crippen molar-refractivity contribution in [2.45, 2.75) is 19.8 Å². The number of para-hydroxylation sites is 1. The van der Waals surface area contributed by atoms with Crippen molar-refractivity contribution in [2.24, 2.45) is 0 Å². The molecular weight excluding hydrogens is 255 g/mol. The summed E-state index contributed by atoms with van der Waals surface area (Å²) in [5.41, 5.74) is 0.835. The summed E-state index contributed by atoms with van der Waals surface area (Å²) >= 11 is 0. The van der Waals surface area contributed by atoms with Crippen LogP contribution >= 0.6 is 0 Å². The quantitative estimate of drug-likeness (QED) is 0.832. The lowest BCUT2D eigenvalue weighted by molar-refractivity contribution is 0.0982. The number of hydrogen-bond acceptors (Lipinski definition) is 2. The molecule has 1 heterocycles. The highest BCUT2D eigenvalue weighted by Crippen LogP contribution is 2.18. The van der Waals surface area contributed by atoms with E-state index in [0.717, 1.165) is 24.7 Å². The van der Waals surface area contributed by atoms with Crippen LogP contribution in [0.15, 0.2) is 48.8 Å². The Hall–Kier alpha value is -2.23. The third-order valence-corrected chi connectivity index (χ3v) is 3.05. The van der Waals surface area contributed by atoms with Crippen LogP contribution in [0.25, 0.3) is 0 Å². The second kappa shape index (κ2) is 6.80. The van der Waals surface area contributed by atoms with Gasteiger partial charge < -0.3 is 4.90 Å². The van der Waals surface area contributed by atoms with Gasteiger partial charge in [0.05, 0.1) is 11.8 Å². The summed E-state index contributed by atoms with van der Waals surface area (Å²) in [6.07, 6.45) is 4.33. The van der Waals surface area contributed by atoms with Crippen LogP contribution in [-0.4, -0.2) is 17.4 Å². The lowest BCUT2D eigenvalue weighted by Crippen LogP contribution is -2.32. The molecule has 0 saturated heterocycles. The van der Waals surface area contributed by atoms with Crippen LogP contribution in [0.2, 0.25) is 0 Å². The van der Waals surface area contributed by atoms with Gasteiger partial charge in [-0.05, 0) is 24.6 Å². The minimum absolute atomic E-state index is 0.0555. The fraction of sp³-hybridized carbons (Fsp3) is 0.250. The fourth-order valence-corrected chi connectivity index (χ4v) is 1.97. The van der Waals surface area contributed by atoms with E-state index in [9.17, 15) is 9.18 Å². The molecule has 0 saturated carbocycles. The molecule has 1 aromatic carbocycles. The summed E-state index contributed by atoms with van der Waals surface area (Å²) in [7, 11) is 0. The van der Waals surface area contributed by atoms with E-state index < -0.39 is 5.82 Å². The van der Waals surface area contributed by atoms with E-state index in [-0.39, 0.29) is 11.5 Å². The number of halogens is 1. The Labute approximate surface area is 118 Å². The molecule has 0 aliphatic carbocycles. The second-order valence-electron chi connectivity index (χ2n) is 4.50. The zero-order chi connectivity index (χ0) is 14.4. The number of rotatable bonds is 5. The molecule has 0 bridgehead atoms. The Morgan fingerprint density at radius 1 is 1.25 bits per heavy atom. The largest absolute Gasteiger partial charge is 0.308 e. The van der Waals surface area contributed by atoms with Crippen molar-refractivity contribution in [1.82, 2.24) is 4.98 Å². The van der Waals surface area contributed by atoms with Crippen LogP contribution in [0.3, 0.4) is 0 Å². The molecular formula is C16H17FN2O. The molecule has 2 rings (SSSR count). The minimum Gasteiger partial charge on any atom is -0.308 e. The Bertz CT molecular complexity index is 572. The van der Waals surface area contributed by atoms with E-state index in [0.29, 0.717) is 6.54 Å². The molecule has 1 aromatic heterocycles. The summed E-state index contributed by atoms with van der Waals surface area (Å²) in [5, 5.41) is 0. The lowest BCUT2D eigenvalue weighted by Gasteiger charge is -2.23. The van der Waals surface area contributed by atoms with Crippen LogP contribution in [0.5, 0.6) is 0 Å². The molecule has 104 valence electrons. The van der Waals surface area contributed by atoms with Crippen molar-refractivity contribution in [1.29, 1.82) is 0 Å². The van der Waals surface area contributed by atoms with Crippen molar-refractivity contribution in [2.75, 3.05) is 11.4 Å². The number of benzene rings is 1. The molecule has 3 nitrogen and oxygen atoms in total. The predicted octanol–water partition coefficient (Wildman–Crippen LogP) is 3.67. The molecule has 4 heteroatoms. The average Bonchev–Trinajstić information content (AvgIpc) is 2.49. The smallest absolute Gasteiger partial charge is 0.261 e. The third-order valence-electron chi connectivity index (χ3n) is 3.05. The molecule has 2 aromatic rings. The maximum atomic E-state index is 13.7. The summed E-state index contributed by atoms with van der Waals surface area (Å²) in [4.78, 5) is 17.8. The van der Waals surface area contributed by atoms with Gasteiger partial charge in [-0.1, -0.05) is 31.5 Å². The monoisotopic (exact) mass is 272 g/mol.